The maximum Gasteiger partial charge on any atom is 0.174 e. The topological polar surface area (TPSA) is 51.4 Å². The van der Waals surface area contributed by atoms with Crippen LogP contribution in [0.2, 0.25) is 0 Å². The van der Waals surface area contributed by atoms with Gasteiger partial charge in [0.25, 0.3) is 0 Å². The van der Waals surface area contributed by atoms with Crippen LogP contribution in [0.4, 0.5) is 0 Å². The van der Waals surface area contributed by atoms with Crippen LogP contribution in [0.25, 0.3) is 0 Å². The number of rotatable bonds is 1. The molecule has 3 heteroatoms. The van der Waals surface area contributed by atoms with Crippen LogP contribution in [-0.2, 0) is 0 Å². The van der Waals surface area contributed by atoms with Crippen molar-refractivity contribution in [1.82, 2.24) is 0 Å². The van der Waals surface area contributed by atoms with Gasteiger partial charge in [-0.1, -0.05) is 19.3 Å². The van der Waals surface area contributed by atoms with Gasteiger partial charge in [-0.15, -0.1) is 0 Å². The van der Waals surface area contributed by atoms with E-state index in [1.165, 1.54) is 32.1 Å². The number of hydrogen-bond acceptors (Lipinski definition) is 1. The van der Waals surface area contributed by atoms with Crippen LogP contribution in [0.3, 0.4) is 0 Å². The summed E-state index contributed by atoms with van der Waals surface area (Å²) in [5, 5.41) is 8.57. The molecule has 3 N–H and O–H groups in total. The number of nitrogens with zero attached hydrogens (tertiary/aromatic N) is 1. The summed E-state index contributed by atoms with van der Waals surface area (Å²) in [6, 6.07) is 2.27. The molecule has 1 aliphatic carbocycles. The van der Waals surface area contributed by atoms with E-state index in [-0.39, 0.29) is 18.4 Å². The van der Waals surface area contributed by atoms with Gasteiger partial charge in [0, 0.05) is 5.92 Å². The Hall–Kier alpha value is -0.260. The van der Waals surface area contributed by atoms with E-state index in [1.54, 1.807) is 0 Å². The maximum absolute atomic E-state index is 8.57. The minimum absolute atomic E-state index is 0. The Kier molecular flexibility index (Phi) is 5.27. The highest BCUT2D eigenvalue weighted by Crippen LogP contribution is 2.24. The Balaban J connectivity index is 0.000001000. The van der Waals surface area contributed by atoms with Crippen LogP contribution in [0.1, 0.15) is 32.1 Å². The number of hydrogen-bond donors (Lipinski definition) is 1. The summed E-state index contributed by atoms with van der Waals surface area (Å²) in [5.41, 5.74) is 3.82. The van der Waals surface area contributed by atoms with Crippen molar-refractivity contribution in [2.75, 3.05) is 0 Å². The third-order valence-corrected chi connectivity index (χ3v) is 2.38. The third kappa shape index (κ3) is 3.09. The van der Waals surface area contributed by atoms with Crippen LogP contribution in [0, 0.1) is 17.2 Å². The molecule has 1 aliphatic rings. The Bertz CT molecular complexity index is 136. The highest BCUT2D eigenvalue weighted by Gasteiger charge is 2.22. The molecule has 11 heavy (non-hydrogen) atoms. The molecule has 0 radical (unpaired) electrons. The number of halogens is 1. The molecule has 1 rings (SSSR count). The van der Waals surface area contributed by atoms with E-state index in [0.29, 0.717) is 5.92 Å². The van der Waals surface area contributed by atoms with Gasteiger partial charge in [0.05, 0.1) is 0 Å². The average molecular weight is 175 g/mol. The quantitative estimate of drug-likeness (QED) is 0.478. The van der Waals surface area contributed by atoms with Gasteiger partial charge in [0.15, 0.2) is 6.04 Å². The maximum atomic E-state index is 8.57. The standard InChI is InChI=1S/C8H14N2.ClH/c9-6-8(10)7-4-2-1-3-5-7;/h7-8H,1-5,10H2;1H. The summed E-state index contributed by atoms with van der Waals surface area (Å²) in [6.07, 6.45) is 6.41. The first-order chi connectivity index (χ1) is 4.84. The highest BCUT2D eigenvalue weighted by atomic mass is 35.5. The van der Waals surface area contributed by atoms with Gasteiger partial charge in [-0.2, -0.15) is 5.26 Å². The van der Waals surface area contributed by atoms with E-state index in [1.807, 2.05) is 0 Å². The van der Waals surface area contributed by atoms with Crippen molar-refractivity contribution >= 4 is 0 Å². The zero-order chi connectivity index (χ0) is 7.40. The Labute approximate surface area is 74.2 Å². The molecule has 1 saturated carbocycles. The molecular formula is C8H15ClN2. The van der Waals surface area contributed by atoms with Crippen molar-refractivity contribution < 1.29 is 18.1 Å². The van der Waals surface area contributed by atoms with E-state index in [2.05, 4.69) is 11.8 Å². The molecule has 0 aromatic carbocycles. The Morgan fingerprint density at radius 3 is 2.27 bits per heavy atom. The zero-order valence-electron chi connectivity index (χ0n) is 6.72. The molecule has 1 fully saturated rings. The lowest BCUT2D eigenvalue weighted by Crippen LogP contribution is -3.00. The summed E-state index contributed by atoms with van der Waals surface area (Å²) >= 11 is 0. The molecule has 0 spiro atoms. The van der Waals surface area contributed by atoms with Gasteiger partial charge in [0.1, 0.15) is 6.07 Å². The van der Waals surface area contributed by atoms with Gasteiger partial charge >= 0.3 is 0 Å². The Morgan fingerprint density at radius 2 is 1.82 bits per heavy atom. The summed E-state index contributed by atoms with van der Waals surface area (Å²) in [7, 11) is 0. The van der Waals surface area contributed by atoms with E-state index in [9.17, 15) is 0 Å². The predicted octanol–water partition coefficient (Wildman–Crippen LogP) is -2.30. The first-order valence-corrected chi connectivity index (χ1v) is 4.07. The fraction of sp³-hybridized carbons (Fsp3) is 0.875. The molecule has 0 aliphatic heterocycles. The lowest BCUT2D eigenvalue weighted by Gasteiger charge is -2.20. The van der Waals surface area contributed by atoms with Crippen molar-refractivity contribution in [2.24, 2.45) is 5.92 Å². The zero-order valence-corrected chi connectivity index (χ0v) is 7.48. The Morgan fingerprint density at radius 1 is 1.27 bits per heavy atom. The van der Waals surface area contributed by atoms with Gasteiger partial charge in [0.2, 0.25) is 0 Å². The molecule has 1 unspecified atom stereocenters. The monoisotopic (exact) mass is 174 g/mol. The minimum atomic E-state index is 0. The van der Waals surface area contributed by atoms with Crippen molar-refractivity contribution in [1.29, 1.82) is 5.26 Å². The summed E-state index contributed by atoms with van der Waals surface area (Å²) in [5.74, 6) is 0.596. The minimum Gasteiger partial charge on any atom is -1.00 e. The lowest BCUT2D eigenvalue weighted by atomic mass is 9.85. The van der Waals surface area contributed by atoms with Crippen molar-refractivity contribution in [2.45, 2.75) is 38.1 Å². The lowest BCUT2D eigenvalue weighted by molar-refractivity contribution is -0.414. The van der Waals surface area contributed by atoms with Crippen LogP contribution < -0.4 is 18.1 Å². The molecule has 0 saturated heterocycles. The predicted molar refractivity (Wildman–Crippen MR) is 38.9 cm³/mol. The smallest absolute Gasteiger partial charge is 0.174 e. The van der Waals surface area contributed by atoms with Gasteiger partial charge in [-0.25, -0.2) is 0 Å². The normalized spacial score (nSPS) is 21.5. The third-order valence-electron chi connectivity index (χ3n) is 2.38. The molecule has 0 aromatic rings. The summed E-state index contributed by atoms with van der Waals surface area (Å²) in [4.78, 5) is 0. The molecule has 64 valence electrons. The first kappa shape index (κ1) is 10.7. The van der Waals surface area contributed by atoms with E-state index < -0.39 is 0 Å². The van der Waals surface area contributed by atoms with Crippen molar-refractivity contribution in [3.63, 3.8) is 0 Å². The molecule has 0 amide bonds. The van der Waals surface area contributed by atoms with E-state index in [4.69, 9.17) is 5.26 Å². The van der Waals surface area contributed by atoms with Gasteiger partial charge in [-0.05, 0) is 12.8 Å². The first-order valence-electron chi connectivity index (χ1n) is 4.07. The SMILES string of the molecule is N#CC([NH3+])C1CCCCC1.[Cl-]. The van der Waals surface area contributed by atoms with Gasteiger partial charge in [-0.3, -0.25) is 0 Å². The second-order valence-corrected chi connectivity index (χ2v) is 3.13. The van der Waals surface area contributed by atoms with Crippen LogP contribution in [0.5, 0.6) is 0 Å². The number of quaternary nitrogens is 1. The van der Waals surface area contributed by atoms with Crippen molar-refractivity contribution in [3.8, 4) is 6.07 Å². The summed E-state index contributed by atoms with van der Waals surface area (Å²) < 4.78 is 0. The van der Waals surface area contributed by atoms with E-state index >= 15 is 0 Å². The fourth-order valence-electron chi connectivity index (χ4n) is 1.64. The molecular weight excluding hydrogens is 160 g/mol. The average Bonchev–Trinajstić information content (AvgIpc) is 2.05. The van der Waals surface area contributed by atoms with Crippen LogP contribution in [-0.4, -0.2) is 6.04 Å². The number of nitriles is 1. The molecule has 1 atom stereocenters. The van der Waals surface area contributed by atoms with Crippen LogP contribution in [0.15, 0.2) is 0 Å². The molecule has 0 bridgehead atoms. The molecule has 0 heterocycles. The van der Waals surface area contributed by atoms with E-state index in [0.717, 1.165) is 0 Å². The second kappa shape index (κ2) is 5.40. The molecule has 2 nitrogen and oxygen atoms in total. The van der Waals surface area contributed by atoms with Crippen LogP contribution >= 0.6 is 0 Å². The fourth-order valence-corrected chi connectivity index (χ4v) is 1.64. The largest absolute Gasteiger partial charge is 1.00 e. The van der Waals surface area contributed by atoms with Crippen molar-refractivity contribution in [3.05, 3.63) is 0 Å². The summed E-state index contributed by atoms with van der Waals surface area (Å²) in [6.45, 7) is 0. The second-order valence-electron chi connectivity index (χ2n) is 3.13. The molecule has 0 aromatic heterocycles. The van der Waals surface area contributed by atoms with Gasteiger partial charge < -0.3 is 18.1 Å². The highest BCUT2D eigenvalue weighted by molar-refractivity contribution is 4.87.